The van der Waals surface area contributed by atoms with Crippen LogP contribution in [0.4, 0.5) is 5.69 Å². The summed E-state index contributed by atoms with van der Waals surface area (Å²) in [7, 11) is 3.43. The Kier molecular flexibility index (Phi) is 4.33. The molecule has 0 unspecified atom stereocenters. The van der Waals surface area contributed by atoms with Crippen LogP contribution in [0.3, 0.4) is 0 Å². The van der Waals surface area contributed by atoms with E-state index in [1.807, 2.05) is 12.1 Å². The van der Waals surface area contributed by atoms with Crippen molar-refractivity contribution in [3.63, 3.8) is 0 Å². The molecular weight excluding hydrogens is 350 g/mol. The van der Waals surface area contributed by atoms with Gasteiger partial charge in [0.1, 0.15) is 5.75 Å². The Bertz CT molecular complexity index is 406. The van der Waals surface area contributed by atoms with Crippen molar-refractivity contribution >= 4 is 37.5 Å². The van der Waals surface area contributed by atoms with Gasteiger partial charge in [-0.3, -0.25) is 0 Å². The molecule has 1 N–H and O–H groups in total. The molecule has 0 bridgehead atoms. The summed E-state index contributed by atoms with van der Waals surface area (Å²) in [6.45, 7) is 0. The summed E-state index contributed by atoms with van der Waals surface area (Å²) < 4.78 is 12.5. The number of halogens is 2. The molecule has 17 heavy (non-hydrogen) atoms. The van der Waals surface area contributed by atoms with Crippen molar-refractivity contribution < 1.29 is 9.47 Å². The van der Waals surface area contributed by atoms with Crippen molar-refractivity contribution in [2.75, 3.05) is 19.5 Å². The van der Waals surface area contributed by atoms with E-state index in [2.05, 4.69) is 37.2 Å². The third-order valence-electron chi connectivity index (χ3n) is 3.03. The van der Waals surface area contributed by atoms with Crippen LogP contribution in [-0.2, 0) is 4.74 Å². The standard InChI is InChI=1S/C12H15Br2NO2/c1-16-8-3-7(4-8)15-11-6-12(17-2)10(14)5-9(11)13/h5-8,15H,3-4H2,1-2H3. The zero-order chi connectivity index (χ0) is 12.4. The van der Waals surface area contributed by atoms with Crippen LogP contribution in [0.5, 0.6) is 5.75 Å². The average Bonchev–Trinajstić information content (AvgIpc) is 2.25. The van der Waals surface area contributed by atoms with Gasteiger partial charge in [0.15, 0.2) is 0 Å². The molecule has 0 atom stereocenters. The molecule has 0 aromatic heterocycles. The van der Waals surface area contributed by atoms with E-state index in [-0.39, 0.29) is 0 Å². The molecule has 0 heterocycles. The van der Waals surface area contributed by atoms with Crippen molar-refractivity contribution in [3.8, 4) is 5.75 Å². The Morgan fingerprint density at radius 3 is 2.47 bits per heavy atom. The summed E-state index contributed by atoms with van der Waals surface area (Å²) >= 11 is 7.00. The summed E-state index contributed by atoms with van der Waals surface area (Å²) in [5.41, 5.74) is 1.06. The smallest absolute Gasteiger partial charge is 0.135 e. The summed E-state index contributed by atoms with van der Waals surface area (Å²) in [5.74, 6) is 0.832. The van der Waals surface area contributed by atoms with Gasteiger partial charge in [-0.15, -0.1) is 0 Å². The Morgan fingerprint density at radius 2 is 1.88 bits per heavy atom. The highest BCUT2D eigenvalue weighted by Crippen LogP contribution is 2.36. The molecule has 1 aliphatic carbocycles. The Morgan fingerprint density at radius 1 is 1.18 bits per heavy atom. The second-order valence-corrected chi connectivity index (χ2v) is 5.85. The van der Waals surface area contributed by atoms with E-state index < -0.39 is 0 Å². The minimum atomic E-state index is 0.406. The highest BCUT2D eigenvalue weighted by atomic mass is 79.9. The van der Waals surface area contributed by atoms with Crippen molar-refractivity contribution in [2.45, 2.75) is 25.0 Å². The van der Waals surface area contributed by atoms with E-state index in [0.29, 0.717) is 12.1 Å². The topological polar surface area (TPSA) is 30.5 Å². The van der Waals surface area contributed by atoms with Gasteiger partial charge in [-0.1, -0.05) is 0 Å². The van der Waals surface area contributed by atoms with Crippen molar-refractivity contribution in [2.24, 2.45) is 0 Å². The van der Waals surface area contributed by atoms with Gasteiger partial charge in [0, 0.05) is 23.7 Å². The molecule has 1 aliphatic rings. The Balaban J connectivity index is 2.06. The molecule has 1 aromatic rings. The maximum atomic E-state index is 5.28. The zero-order valence-corrected chi connectivity index (χ0v) is 13.0. The number of hydrogen-bond donors (Lipinski definition) is 1. The molecule has 3 nitrogen and oxygen atoms in total. The van der Waals surface area contributed by atoms with Crippen molar-refractivity contribution in [3.05, 3.63) is 21.1 Å². The predicted octanol–water partition coefficient (Wildman–Crippen LogP) is 3.81. The molecule has 0 radical (unpaired) electrons. The van der Waals surface area contributed by atoms with E-state index in [0.717, 1.165) is 33.2 Å². The van der Waals surface area contributed by atoms with Crippen LogP contribution in [0, 0.1) is 0 Å². The predicted molar refractivity (Wildman–Crippen MR) is 75.8 cm³/mol. The third-order valence-corrected chi connectivity index (χ3v) is 4.31. The van der Waals surface area contributed by atoms with Crippen LogP contribution in [0.15, 0.2) is 21.1 Å². The highest BCUT2D eigenvalue weighted by molar-refractivity contribution is 9.11. The van der Waals surface area contributed by atoms with Crippen LogP contribution in [-0.4, -0.2) is 26.4 Å². The minimum absolute atomic E-state index is 0.406. The monoisotopic (exact) mass is 363 g/mol. The number of benzene rings is 1. The number of ether oxygens (including phenoxy) is 2. The van der Waals surface area contributed by atoms with Crippen molar-refractivity contribution in [1.82, 2.24) is 0 Å². The maximum Gasteiger partial charge on any atom is 0.135 e. The Hall–Kier alpha value is -0.260. The molecule has 0 spiro atoms. The number of methoxy groups -OCH3 is 2. The molecule has 0 saturated heterocycles. The van der Waals surface area contributed by atoms with E-state index >= 15 is 0 Å². The van der Waals surface area contributed by atoms with Gasteiger partial charge in [-0.05, 0) is 50.8 Å². The van der Waals surface area contributed by atoms with Crippen LogP contribution in [0.1, 0.15) is 12.8 Å². The molecule has 5 heteroatoms. The second-order valence-electron chi connectivity index (χ2n) is 4.14. The maximum absolute atomic E-state index is 5.28. The number of hydrogen-bond acceptors (Lipinski definition) is 3. The fourth-order valence-corrected chi connectivity index (χ4v) is 3.16. The minimum Gasteiger partial charge on any atom is -0.495 e. The van der Waals surface area contributed by atoms with Crippen LogP contribution in [0.25, 0.3) is 0 Å². The summed E-state index contributed by atoms with van der Waals surface area (Å²) in [5, 5.41) is 3.49. The summed E-state index contributed by atoms with van der Waals surface area (Å²) in [6.07, 6.45) is 2.52. The molecular formula is C12H15Br2NO2. The molecule has 0 amide bonds. The van der Waals surface area contributed by atoms with Gasteiger partial charge < -0.3 is 14.8 Å². The molecule has 1 fully saturated rings. The first kappa shape index (κ1) is 13.2. The highest BCUT2D eigenvalue weighted by Gasteiger charge is 2.29. The lowest BCUT2D eigenvalue weighted by Gasteiger charge is -2.35. The van der Waals surface area contributed by atoms with E-state index in [1.165, 1.54) is 0 Å². The van der Waals surface area contributed by atoms with E-state index in [1.54, 1.807) is 14.2 Å². The van der Waals surface area contributed by atoms with Gasteiger partial charge in [0.25, 0.3) is 0 Å². The normalized spacial score (nSPS) is 23.1. The second kappa shape index (κ2) is 5.59. The van der Waals surface area contributed by atoms with Crippen molar-refractivity contribution in [1.29, 1.82) is 0 Å². The van der Waals surface area contributed by atoms with Gasteiger partial charge in [0.2, 0.25) is 0 Å². The largest absolute Gasteiger partial charge is 0.495 e. The molecule has 94 valence electrons. The quantitative estimate of drug-likeness (QED) is 0.881. The lowest BCUT2D eigenvalue weighted by Crippen LogP contribution is -2.40. The first-order valence-electron chi connectivity index (χ1n) is 5.46. The van der Waals surface area contributed by atoms with Gasteiger partial charge in [-0.25, -0.2) is 0 Å². The molecule has 0 aliphatic heterocycles. The third kappa shape index (κ3) is 2.95. The summed E-state index contributed by atoms with van der Waals surface area (Å²) in [4.78, 5) is 0. The van der Waals surface area contributed by atoms with Gasteiger partial charge in [-0.2, -0.15) is 0 Å². The molecule has 2 rings (SSSR count). The van der Waals surface area contributed by atoms with E-state index in [9.17, 15) is 0 Å². The first-order valence-corrected chi connectivity index (χ1v) is 7.05. The Labute approximate surface area is 118 Å². The lowest BCUT2D eigenvalue weighted by atomic mass is 9.89. The zero-order valence-electron chi connectivity index (χ0n) is 9.80. The van der Waals surface area contributed by atoms with E-state index in [4.69, 9.17) is 9.47 Å². The average molecular weight is 365 g/mol. The number of rotatable bonds is 4. The van der Waals surface area contributed by atoms with Crippen LogP contribution in [0.2, 0.25) is 0 Å². The van der Waals surface area contributed by atoms with Gasteiger partial charge in [0.05, 0.1) is 23.4 Å². The molecule has 1 aromatic carbocycles. The van der Waals surface area contributed by atoms with Gasteiger partial charge >= 0.3 is 0 Å². The fourth-order valence-electron chi connectivity index (χ4n) is 1.89. The summed E-state index contributed by atoms with van der Waals surface area (Å²) in [6, 6.07) is 4.48. The lowest BCUT2D eigenvalue weighted by molar-refractivity contribution is 0.0328. The number of anilines is 1. The number of nitrogens with one attached hydrogen (secondary N) is 1. The first-order chi connectivity index (χ1) is 8.13. The SMILES string of the molecule is COc1cc(NC2CC(OC)C2)c(Br)cc1Br. The van der Waals surface area contributed by atoms with Crippen LogP contribution >= 0.6 is 31.9 Å². The fraction of sp³-hybridized carbons (Fsp3) is 0.500. The van der Waals surface area contributed by atoms with Crippen LogP contribution < -0.4 is 10.1 Å². The molecule has 1 saturated carbocycles.